The second kappa shape index (κ2) is 9.06. The molecule has 114 valence electrons. The molecule has 1 aromatic rings. The lowest BCUT2D eigenvalue weighted by atomic mass is 9.95. The van der Waals surface area contributed by atoms with Crippen LogP contribution in [0.25, 0.3) is 0 Å². The number of hydrogen-bond donors (Lipinski definition) is 2. The normalized spacial score (nSPS) is 14.5. The van der Waals surface area contributed by atoms with Crippen LogP contribution in [0.3, 0.4) is 0 Å². The highest BCUT2D eigenvalue weighted by molar-refractivity contribution is 5.22. The molecule has 0 heterocycles. The van der Waals surface area contributed by atoms with Crippen LogP contribution in [-0.2, 0) is 0 Å². The van der Waals surface area contributed by atoms with E-state index in [-0.39, 0.29) is 24.5 Å². The standard InChI is InChI=1S/C16H27FN2O/c1-3-5-9-19(10-11-20)16(15(18)4-2)13-7-6-8-14(17)12-13/h6-8,12,15-16,20H,3-5,9-11,18H2,1-2H3. The molecule has 0 saturated carbocycles. The van der Waals surface area contributed by atoms with Crippen molar-refractivity contribution in [3.8, 4) is 0 Å². The minimum absolute atomic E-state index is 0.0469. The predicted octanol–water partition coefficient (Wildman–Crippen LogP) is 2.70. The van der Waals surface area contributed by atoms with Crippen molar-refractivity contribution in [1.82, 2.24) is 4.90 Å². The lowest BCUT2D eigenvalue weighted by molar-refractivity contribution is 0.130. The van der Waals surface area contributed by atoms with Gasteiger partial charge in [-0.25, -0.2) is 4.39 Å². The average Bonchev–Trinajstić information content (AvgIpc) is 2.44. The summed E-state index contributed by atoms with van der Waals surface area (Å²) in [5.74, 6) is -0.241. The van der Waals surface area contributed by atoms with Gasteiger partial charge in [0.05, 0.1) is 12.6 Å². The molecule has 0 aliphatic carbocycles. The van der Waals surface area contributed by atoms with Gasteiger partial charge in [-0.05, 0) is 37.1 Å². The molecule has 2 atom stereocenters. The van der Waals surface area contributed by atoms with Gasteiger partial charge in [0, 0.05) is 12.6 Å². The zero-order chi connectivity index (χ0) is 15.0. The second-order valence-corrected chi connectivity index (χ2v) is 5.19. The summed E-state index contributed by atoms with van der Waals surface area (Å²) < 4.78 is 13.5. The third-order valence-electron chi connectivity index (χ3n) is 3.65. The summed E-state index contributed by atoms with van der Waals surface area (Å²) in [6.45, 7) is 5.69. The Bertz CT molecular complexity index is 386. The van der Waals surface area contributed by atoms with Crippen LogP contribution in [-0.4, -0.2) is 35.7 Å². The molecular weight excluding hydrogens is 255 g/mol. The number of aliphatic hydroxyl groups excluding tert-OH is 1. The number of nitrogens with two attached hydrogens (primary N) is 1. The van der Waals surface area contributed by atoms with E-state index in [0.29, 0.717) is 6.54 Å². The maximum atomic E-state index is 13.5. The summed E-state index contributed by atoms with van der Waals surface area (Å²) in [6, 6.07) is 6.52. The van der Waals surface area contributed by atoms with E-state index >= 15 is 0 Å². The smallest absolute Gasteiger partial charge is 0.123 e. The van der Waals surface area contributed by atoms with Gasteiger partial charge in [-0.3, -0.25) is 4.90 Å². The number of hydrogen-bond acceptors (Lipinski definition) is 3. The SMILES string of the molecule is CCCCN(CCO)C(c1cccc(F)c1)C(N)CC. The molecule has 1 rings (SSSR count). The van der Waals surface area contributed by atoms with Crippen LogP contribution in [0.15, 0.2) is 24.3 Å². The Labute approximate surface area is 121 Å². The van der Waals surface area contributed by atoms with E-state index in [1.54, 1.807) is 12.1 Å². The van der Waals surface area contributed by atoms with Gasteiger partial charge < -0.3 is 10.8 Å². The Balaban J connectivity index is 3.01. The Morgan fingerprint density at radius 1 is 1.30 bits per heavy atom. The first-order chi connectivity index (χ1) is 9.63. The molecule has 3 nitrogen and oxygen atoms in total. The van der Waals surface area contributed by atoms with Crippen molar-refractivity contribution in [2.45, 2.75) is 45.2 Å². The summed E-state index contributed by atoms with van der Waals surface area (Å²) in [6.07, 6.45) is 2.94. The maximum absolute atomic E-state index is 13.5. The van der Waals surface area contributed by atoms with Crippen LogP contribution in [0.2, 0.25) is 0 Å². The summed E-state index contributed by atoms with van der Waals surface area (Å²) in [5.41, 5.74) is 7.15. The van der Waals surface area contributed by atoms with Crippen molar-refractivity contribution >= 4 is 0 Å². The second-order valence-electron chi connectivity index (χ2n) is 5.19. The minimum Gasteiger partial charge on any atom is -0.395 e. The van der Waals surface area contributed by atoms with Gasteiger partial charge in [0.25, 0.3) is 0 Å². The molecule has 0 bridgehead atoms. The molecule has 0 aliphatic rings. The van der Waals surface area contributed by atoms with Crippen LogP contribution >= 0.6 is 0 Å². The van der Waals surface area contributed by atoms with Gasteiger partial charge in [-0.2, -0.15) is 0 Å². The van der Waals surface area contributed by atoms with Crippen LogP contribution in [0, 0.1) is 5.82 Å². The summed E-state index contributed by atoms with van der Waals surface area (Å²) in [4.78, 5) is 2.17. The molecule has 0 saturated heterocycles. The molecule has 4 heteroatoms. The van der Waals surface area contributed by atoms with Crippen molar-refractivity contribution < 1.29 is 9.50 Å². The largest absolute Gasteiger partial charge is 0.395 e. The number of benzene rings is 1. The Morgan fingerprint density at radius 3 is 2.60 bits per heavy atom. The van der Waals surface area contributed by atoms with E-state index in [1.165, 1.54) is 6.07 Å². The fraction of sp³-hybridized carbons (Fsp3) is 0.625. The fourth-order valence-corrected chi connectivity index (χ4v) is 2.52. The van der Waals surface area contributed by atoms with Gasteiger partial charge in [0.2, 0.25) is 0 Å². The number of aliphatic hydroxyl groups is 1. The van der Waals surface area contributed by atoms with Crippen molar-refractivity contribution in [1.29, 1.82) is 0 Å². The lowest BCUT2D eigenvalue weighted by Gasteiger charge is -2.35. The molecule has 0 spiro atoms. The van der Waals surface area contributed by atoms with E-state index in [0.717, 1.165) is 31.4 Å². The highest BCUT2D eigenvalue weighted by Crippen LogP contribution is 2.26. The molecule has 0 amide bonds. The Morgan fingerprint density at radius 2 is 2.05 bits per heavy atom. The zero-order valence-corrected chi connectivity index (χ0v) is 12.6. The highest BCUT2D eigenvalue weighted by Gasteiger charge is 2.25. The molecule has 1 aromatic carbocycles. The fourth-order valence-electron chi connectivity index (χ4n) is 2.52. The molecule has 0 radical (unpaired) electrons. The lowest BCUT2D eigenvalue weighted by Crippen LogP contribution is -2.42. The van der Waals surface area contributed by atoms with Crippen molar-refractivity contribution in [2.75, 3.05) is 19.7 Å². The molecule has 3 N–H and O–H groups in total. The van der Waals surface area contributed by atoms with Crippen LogP contribution in [0.5, 0.6) is 0 Å². The number of rotatable bonds is 9. The quantitative estimate of drug-likeness (QED) is 0.732. The van der Waals surface area contributed by atoms with Crippen LogP contribution in [0.1, 0.15) is 44.7 Å². The monoisotopic (exact) mass is 282 g/mol. The topological polar surface area (TPSA) is 49.5 Å². The predicted molar refractivity (Wildman–Crippen MR) is 81.0 cm³/mol. The third-order valence-corrected chi connectivity index (χ3v) is 3.65. The Kier molecular flexibility index (Phi) is 7.73. The first-order valence-corrected chi connectivity index (χ1v) is 7.50. The summed E-state index contributed by atoms with van der Waals surface area (Å²) in [7, 11) is 0. The van der Waals surface area contributed by atoms with Gasteiger partial charge in [-0.1, -0.05) is 32.4 Å². The number of halogens is 1. The van der Waals surface area contributed by atoms with E-state index in [4.69, 9.17) is 5.73 Å². The number of unbranched alkanes of at least 4 members (excludes halogenated alkanes) is 1. The first-order valence-electron chi connectivity index (χ1n) is 7.50. The van der Waals surface area contributed by atoms with E-state index in [9.17, 15) is 9.50 Å². The summed E-state index contributed by atoms with van der Waals surface area (Å²) in [5, 5.41) is 9.28. The van der Waals surface area contributed by atoms with E-state index in [2.05, 4.69) is 11.8 Å². The van der Waals surface area contributed by atoms with Crippen molar-refractivity contribution in [2.24, 2.45) is 5.73 Å². The van der Waals surface area contributed by atoms with Crippen LogP contribution in [0.4, 0.5) is 4.39 Å². The molecule has 0 aliphatic heterocycles. The van der Waals surface area contributed by atoms with Gasteiger partial charge >= 0.3 is 0 Å². The van der Waals surface area contributed by atoms with Gasteiger partial charge in [0.15, 0.2) is 0 Å². The molecule has 20 heavy (non-hydrogen) atoms. The highest BCUT2D eigenvalue weighted by atomic mass is 19.1. The van der Waals surface area contributed by atoms with E-state index < -0.39 is 0 Å². The average molecular weight is 282 g/mol. The van der Waals surface area contributed by atoms with E-state index in [1.807, 2.05) is 13.0 Å². The zero-order valence-electron chi connectivity index (χ0n) is 12.6. The molecular formula is C16H27FN2O. The minimum atomic E-state index is -0.241. The third kappa shape index (κ3) is 4.85. The Hall–Kier alpha value is -0.970. The van der Waals surface area contributed by atoms with Crippen LogP contribution < -0.4 is 5.73 Å². The van der Waals surface area contributed by atoms with Gasteiger partial charge in [0.1, 0.15) is 5.82 Å². The number of nitrogens with zero attached hydrogens (tertiary/aromatic N) is 1. The molecule has 2 unspecified atom stereocenters. The van der Waals surface area contributed by atoms with Crippen molar-refractivity contribution in [3.05, 3.63) is 35.6 Å². The molecule has 0 aromatic heterocycles. The van der Waals surface area contributed by atoms with Gasteiger partial charge in [-0.15, -0.1) is 0 Å². The van der Waals surface area contributed by atoms with Crippen molar-refractivity contribution in [3.63, 3.8) is 0 Å². The maximum Gasteiger partial charge on any atom is 0.123 e. The molecule has 0 fully saturated rings. The summed E-state index contributed by atoms with van der Waals surface area (Å²) >= 11 is 0. The first kappa shape index (κ1) is 17.1.